The smallest absolute Gasteiger partial charge is 0.306 e. The van der Waals surface area contributed by atoms with Crippen LogP contribution < -0.4 is 0 Å². The summed E-state index contributed by atoms with van der Waals surface area (Å²) in [5, 5.41) is 0. The number of carbonyl (C=O) groups excluding carboxylic acids is 2. The fourth-order valence-corrected chi connectivity index (χ4v) is 5.18. The van der Waals surface area contributed by atoms with Crippen LogP contribution in [0.5, 0.6) is 0 Å². The number of esters is 2. The first-order valence-electron chi connectivity index (χ1n) is 17.4. The van der Waals surface area contributed by atoms with E-state index in [-0.39, 0.29) is 18.0 Å². The first-order valence-corrected chi connectivity index (χ1v) is 17.4. The van der Waals surface area contributed by atoms with Crippen LogP contribution in [0, 0.1) is 0 Å². The third-order valence-electron chi connectivity index (χ3n) is 7.64. The summed E-state index contributed by atoms with van der Waals surface area (Å²) in [5.74, 6) is -0.0319. The molecule has 0 saturated carbocycles. The molecule has 0 aromatic heterocycles. The second-order valence-corrected chi connectivity index (χ2v) is 12.1. The summed E-state index contributed by atoms with van der Waals surface area (Å²) >= 11 is 0. The average molecular weight is 553 g/mol. The van der Waals surface area contributed by atoms with Crippen molar-refractivity contribution in [3.8, 4) is 0 Å². The lowest BCUT2D eigenvalue weighted by Gasteiger charge is -2.07. The van der Waals surface area contributed by atoms with Crippen LogP contribution in [-0.2, 0) is 19.1 Å². The lowest BCUT2D eigenvalue weighted by atomic mass is 10.0. The van der Waals surface area contributed by atoms with Gasteiger partial charge < -0.3 is 9.47 Å². The van der Waals surface area contributed by atoms with Gasteiger partial charge in [-0.05, 0) is 33.1 Å². The van der Waals surface area contributed by atoms with Crippen molar-refractivity contribution < 1.29 is 19.1 Å². The second-order valence-electron chi connectivity index (χ2n) is 12.1. The Bertz CT molecular complexity index is 517. The Hall–Kier alpha value is -1.06. The van der Waals surface area contributed by atoms with Crippen molar-refractivity contribution in [1.82, 2.24) is 0 Å². The van der Waals surface area contributed by atoms with Gasteiger partial charge in [0.1, 0.15) is 0 Å². The van der Waals surface area contributed by atoms with Gasteiger partial charge in [0.05, 0.1) is 12.7 Å². The second kappa shape index (κ2) is 31.5. The zero-order valence-electron chi connectivity index (χ0n) is 26.7. The molecule has 4 nitrogen and oxygen atoms in total. The van der Waals surface area contributed by atoms with Gasteiger partial charge in [0.2, 0.25) is 0 Å². The van der Waals surface area contributed by atoms with E-state index in [2.05, 4.69) is 6.92 Å². The number of unbranched alkanes of at least 4 members (excludes halogenated alkanes) is 24. The van der Waals surface area contributed by atoms with Crippen molar-refractivity contribution in [2.24, 2.45) is 0 Å². The summed E-state index contributed by atoms with van der Waals surface area (Å²) in [6.07, 6.45) is 34.8. The fraction of sp³-hybridized carbons (Fsp3) is 0.943. The third-order valence-corrected chi connectivity index (χ3v) is 7.64. The molecule has 0 atom stereocenters. The minimum absolute atomic E-state index is 0.00681. The van der Waals surface area contributed by atoms with Crippen LogP contribution in [0.25, 0.3) is 0 Å². The largest absolute Gasteiger partial charge is 0.466 e. The van der Waals surface area contributed by atoms with Crippen molar-refractivity contribution in [3.63, 3.8) is 0 Å². The zero-order chi connectivity index (χ0) is 28.7. The van der Waals surface area contributed by atoms with Gasteiger partial charge in [-0.25, -0.2) is 0 Å². The van der Waals surface area contributed by atoms with Crippen LogP contribution in [-0.4, -0.2) is 24.6 Å². The van der Waals surface area contributed by atoms with Crippen molar-refractivity contribution in [3.05, 3.63) is 0 Å². The van der Waals surface area contributed by atoms with Gasteiger partial charge in [-0.3, -0.25) is 9.59 Å². The van der Waals surface area contributed by atoms with Crippen molar-refractivity contribution in [2.45, 2.75) is 207 Å². The Morgan fingerprint density at radius 3 is 1.10 bits per heavy atom. The Morgan fingerprint density at radius 1 is 0.436 bits per heavy atom. The third kappa shape index (κ3) is 33.0. The molecule has 0 N–H and O–H groups in total. The Kier molecular flexibility index (Phi) is 30.6. The molecular weight excluding hydrogens is 484 g/mol. The lowest BCUT2D eigenvalue weighted by Crippen LogP contribution is -2.10. The topological polar surface area (TPSA) is 52.6 Å². The molecule has 4 heteroatoms. The lowest BCUT2D eigenvalue weighted by molar-refractivity contribution is -0.147. The van der Waals surface area contributed by atoms with E-state index in [1.807, 2.05) is 13.8 Å². The molecule has 0 spiro atoms. The van der Waals surface area contributed by atoms with E-state index in [0.717, 1.165) is 25.7 Å². The monoisotopic (exact) mass is 553 g/mol. The van der Waals surface area contributed by atoms with Crippen molar-refractivity contribution in [2.75, 3.05) is 6.61 Å². The first kappa shape index (κ1) is 37.9. The van der Waals surface area contributed by atoms with Crippen LogP contribution in [0.2, 0.25) is 0 Å². The molecule has 0 saturated heterocycles. The van der Waals surface area contributed by atoms with E-state index >= 15 is 0 Å². The summed E-state index contributed by atoms with van der Waals surface area (Å²) in [6, 6.07) is 0. The molecule has 0 fully saturated rings. The predicted molar refractivity (Wildman–Crippen MR) is 167 cm³/mol. The number of ether oxygens (including phenoxy) is 2. The highest BCUT2D eigenvalue weighted by molar-refractivity contribution is 5.69. The predicted octanol–water partition coefficient (Wildman–Crippen LogP) is 11.4. The summed E-state index contributed by atoms with van der Waals surface area (Å²) < 4.78 is 10.5. The number of carbonyl (C=O) groups is 2. The molecule has 0 aromatic carbocycles. The van der Waals surface area contributed by atoms with E-state index in [1.165, 1.54) is 141 Å². The molecule has 0 rings (SSSR count). The van der Waals surface area contributed by atoms with E-state index in [1.54, 1.807) is 0 Å². The molecule has 0 aliphatic heterocycles. The van der Waals surface area contributed by atoms with Crippen LogP contribution in [0.3, 0.4) is 0 Å². The SMILES string of the molecule is CCCCCCCOC(=O)CCCCCCCCCCCCCCCCCCCCCCCC(=O)OC(C)C. The van der Waals surface area contributed by atoms with E-state index in [0.29, 0.717) is 19.4 Å². The Morgan fingerprint density at radius 2 is 0.744 bits per heavy atom. The molecule has 39 heavy (non-hydrogen) atoms. The van der Waals surface area contributed by atoms with Crippen LogP contribution in [0.15, 0.2) is 0 Å². The fourth-order valence-electron chi connectivity index (χ4n) is 5.18. The summed E-state index contributed by atoms with van der Waals surface area (Å²) in [6.45, 7) is 6.65. The zero-order valence-corrected chi connectivity index (χ0v) is 26.7. The number of hydrogen-bond acceptors (Lipinski definition) is 4. The van der Waals surface area contributed by atoms with Crippen LogP contribution in [0.1, 0.15) is 201 Å². The maximum absolute atomic E-state index is 11.7. The molecule has 0 aliphatic carbocycles. The maximum atomic E-state index is 11.7. The molecule has 0 radical (unpaired) electrons. The normalized spacial score (nSPS) is 11.3. The van der Waals surface area contributed by atoms with Gasteiger partial charge >= 0.3 is 11.9 Å². The van der Waals surface area contributed by atoms with Crippen molar-refractivity contribution in [1.29, 1.82) is 0 Å². The van der Waals surface area contributed by atoms with Crippen LogP contribution in [0.4, 0.5) is 0 Å². The standard InChI is InChI=1S/C35H68O4/c1-4-5-6-26-29-32-38-34(36)30-27-24-22-20-18-16-14-12-10-8-7-9-11-13-15-17-19-21-23-25-28-31-35(37)39-33(2)3/h33H,4-32H2,1-3H3. The molecule has 0 bridgehead atoms. The van der Waals surface area contributed by atoms with Crippen LogP contribution >= 0.6 is 0 Å². The Labute approximate surface area is 244 Å². The van der Waals surface area contributed by atoms with Crippen molar-refractivity contribution >= 4 is 11.9 Å². The van der Waals surface area contributed by atoms with Gasteiger partial charge in [-0.2, -0.15) is 0 Å². The minimum atomic E-state index is -0.0387. The minimum Gasteiger partial charge on any atom is -0.466 e. The van der Waals surface area contributed by atoms with E-state index < -0.39 is 0 Å². The first-order chi connectivity index (χ1) is 19.1. The Balaban J connectivity index is 3.14. The maximum Gasteiger partial charge on any atom is 0.306 e. The highest BCUT2D eigenvalue weighted by Gasteiger charge is 2.05. The van der Waals surface area contributed by atoms with Gasteiger partial charge in [0, 0.05) is 12.8 Å². The summed E-state index contributed by atoms with van der Waals surface area (Å²) in [4.78, 5) is 23.2. The highest BCUT2D eigenvalue weighted by atomic mass is 16.5. The van der Waals surface area contributed by atoms with Gasteiger partial charge in [-0.1, -0.05) is 155 Å². The molecule has 0 aliphatic rings. The summed E-state index contributed by atoms with van der Waals surface area (Å²) in [5.41, 5.74) is 0. The van der Waals surface area contributed by atoms with Gasteiger partial charge in [0.15, 0.2) is 0 Å². The highest BCUT2D eigenvalue weighted by Crippen LogP contribution is 2.16. The number of rotatable bonds is 31. The molecule has 0 heterocycles. The van der Waals surface area contributed by atoms with Gasteiger partial charge in [0.25, 0.3) is 0 Å². The quantitative estimate of drug-likeness (QED) is 0.0634. The number of hydrogen-bond donors (Lipinski definition) is 0. The molecule has 0 unspecified atom stereocenters. The molecule has 0 aromatic rings. The van der Waals surface area contributed by atoms with Gasteiger partial charge in [-0.15, -0.1) is 0 Å². The molecule has 232 valence electrons. The molecule has 0 amide bonds. The van der Waals surface area contributed by atoms with E-state index in [9.17, 15) is 9.59 Å². The summed E-state index contributed by atoms with van der Waals surface area (Å²) in [7, 11) is 0. The molecular formula is C35H68O4. The average Bonchev–Trinajstić information content (AvgIpc) is 2.90. The van der Waals surface area contributed by atoms with E-state index in [4.69, 9.17) is 9.47 Å².